The Labute approximate surface area is 297 Å². The van der Waals surface area contributed by atoms with Crippen LogP contribution in [0.5, 0.6) is 0 Å². The fraction of sp³-hybridized carbons (Fsp3) is 0.0213. The van der Waals surface area contributed by atoms with Crippen LogP contribution in [0.4, 0.5) is 5.69 Å². The first kappa shape index (κ1) is 27.8. The van der Waals surface area contributed by atoms with Crippen LogP contribution in [-0.2, 0) is 0 Å². The largest absolute Gasteiger partial charge is 0.456 e. The van der Waals surface area contributed by atoms with Gasteiger partial charge in [0.2, 0.25) is 0 Å². The van der Waals surface area contributed by atoms with Gasteiger partial charge >= 0.3 is 0 Å². The molecule has 5 nitrogen and oxygen atoms in total. The zero-order valence-electron chi connectivity index (χ0n) is 27.9. The Hall–Kier alpha value is -6.98. The van der Waals surface area contributed by atoms with Crippen molar-refractivity contribution in [3.05, 3.63) is 157 Å². The van der Waals surface area contributed by atoms with Gasteiger partial charge in [0, 0.05) is 67.8 Å². The average Bonchev–Trinajstić information content (AvgIpc) is 3.94. The number of hydrogen-bond donors (Lipinski definition) is 1. The second-order valence-electron chi connectivity index (χ2n) is 13.8. The Morgan fingerprint density at radius 3 is 1.46 bits per heavy atom. The number of furan rings is 2. The molecule has 1 N–H and O–H groups in total. The Morgan fingerprint density at radius 2 is 0.885 bits per heavy atom. The first-order chi connectivity index (χ1) is 25.8. The Kier molecular flexibility index (Phi) is 5.50. The van der Waals surface area contributed by atoms with Crippen LogP contribution >= 0.6 is 0 Å². The van der Waals surface area contributed by atoms with E-state index in [4.69, 9.17) is 8.83 Å². The van der Waals surface area contributed by atoms with Gasteiger partial charge in [-0.2, -0.15) is 0 Å². The van der Waals surface area contributed by atoms with Crippen LogP contribution < -0.4 is 5.32 Å². The van der Waals surface area contributed by atoms with Gasteiger partial charge in [-0.1, -0.05) is 72.8 Å². The van der Waals surface area contributed by atoms with Crippen LogP contribution in [0.25, 0.3) is 105 Å². The molecule has 0 amide bonds. The predicted molar refractivity (Wildman–Crippen MR) is 215 cm³/mol. The van der Waals surface area contributed by atoms with E-state index >= 15 is 0 Å². The van der Waals surface area contributed by atoms with Gasteiger partial charge in [-0.05, 0) is 83.9 Å². The Balaban J connectivity index is 0.945. The molecule has 0 radical (unpaired) electrons. The third kappa shape index (κ3) is 3.82. The maximum Gasteiger partial charge on any atom is 0.137 e. The lowest BCUT2D eigenvalue weighted by Gasteiger charge is -2.13. The molecule has 244 valence electrons. The van der Waals surface area contributed by atoms with E-state index in [0.717, 1.165) is 78.6 Å². The van der Waals surface area contributed by atoms with Crippen LogP contribution in [0.15, 0.2) is 161 Å². The van der Waals surface area contributed by atoms with Crippen LogP contribution in [-0.4, -0.2) is 15.7 Å². The van der Waals surface area contributed by atoms with E-state index < -0.39 is 0 Å². The molecule has 0 aliphatic carbocycles. The van der Waals surface area contributed by atoms with E-state index in [9.17, 15) is 0 Å². The van der Waals surface area contributed by atoms with Gasteiger partial charge in [-0.15, -0.1) is 0 Å². The van der Waals surface area contributed by atoms with E-state index in [1.165, 1.54) is 38.4 Å². The quantitative estimate of drug-likeness (QED) is 0.204. The summed E-state index contributed by atoms with van der Waals surface area (Å²) in [5.74, 6) is 0. The number of nitrogens with zero attached hydrogens (tertiary/aromatic N) is 2. The Morgan fingerprint density at radius 1 is 0.423 bits per heavy atom. The summed E-state index contributed by atoms with van der Waals surface area (Å²) < 4.78 is 17.8. The molecule has 0 saturated carbocycles. The number of fused-ring (bicyclic) bond motifs is 12. The van der Waals surface area contributed by atoms with Crippen LogP contribution in [0.2, 0.25) is 0 Å². The maximum atomic E-state index is 6.58. The van der Waals surface area contributed by atoms with Crippen molar-refractivity contribution in [2.45, 2.75) is 0 Å². The fourth-order valence-electron chi connectivity index (χ4n) is 8.58. The van der Waals surface area contributed by atoms with Crippen molar-refractivity contribution < 1.29 is 8.83 Å². The minimum absolute atomic E-state index is 0.833. The molecular formula is C47H29N3O2. The Bertz CT molecular complexity index is 3260. The second kappa shape index (κ2) is 10.3. The molecule has 11 aromatic rings. The molecule has 0 atom stereocenters. The van der Waals surface area contributed by atoms with Gasteiger partial charge in [-0.3, -0.25) is 0 Å². The molecule has 12 rings (SSSR count). The van der Waals surface area contributed by atoms with Gasteiger partial charge in [0.1, 0.15) is 22.3 Å². The summed E-state index contributed by atoms with van der Waals surface area (Å²) in [6.45, 7) is 0.833. The molecule has 1 aliphatic heterocycles. The van der Waals surface area contributed by atoms with E-state index in [-0.39, 0.29) is 0 Å². The molecule has 0 saturated heterocycles. The zero-order chi connectivity index (χ0) is 33.9. The molecule has 5 heterocycles. The summed E-state index contributed by atoms with van der Waals surface area (Å²) in [6.07, 6.45) is 4.39. The molecule has 0 spiro atoms. The van der Waals surface area contributed by atoms with Crippen LogP contribution in [0.1, 0.15) is 5.69 Å². The summed E-state index contributed by atoms with van der Waals surface area (Å²) in [5.41, 5.74) is 13.7. The monoisotopic (exact) mass is 667 g/mol. The number of rotatable bonds is 3. The van der Waals surface area contributed by atoms with Gasteiger partial charge in [0.05, 0.1) is 27.9 Å². The number of nitrogens with one attached hydrogen (secondary N) is 1. The highest BCUT2D eigenvalue weighted by Gasteiger charge is 2.20. The highest BCUT2D eigenvalue weighted by atomic mass is 16.3. The molecule has 4 aromatic heterocycles. The molecule has 5 heteroatoms. The number of aromatic nitrogens is 2. The fourth-order valence-corrected chi connectivity index (χ4v) is 8.58. The summed E-state index contributed by atoms with van der Waals surface area (Å²) in [5, 5.41) is 11.7. The first-order valence-corrected chi connectivity index (χ1v) is 17.7. The molecular weight excluding hydrogens is 639 g/mol. The van der Waals surface area contributed by atoms with Gasteiger partial charge in [0.15, 0.2) is 0 Å². The molecule has 1 aliphatic rings. The summed E-state index contributed by atoms with van der Waals surface area (Å²) in [6, 6.07) is 51.9. The minimum atomic E-state index is 0.833. The van der Waals surface area contributed by atoms with E-state index in [2.05, 4.69) is 172 Å². The van der Waals surface area contributed by atoms with Crippen molar-refractivity contribution in [3.63, 3.8) is 0 Å². The van der Waals surface area contributed by atoms with Gasteiger partial charge in [-0.25, -0.2) is 0 Å². The van der Waals surface area contributed by atoms with Crippen molar-refractivity contribution in [2.75, 3.05) is 11.9 Å². The van der Waals surface area contributed by atoms with Crippen molar-refractivity contribution in [1.29, 1.82) is 0 Å². The molecule has 7 aromatic carbocycles. The lowest BCUT2D eigenvalue weighted by Crippen LogP contribution is -2.05. The number of anilines is 1. The predicted octanol–water partition coefficient (Wildman–Crippen LogP) is 12.6. The molecule has 0 bridgehead atoms. The summed E-state index contributed by atoms with van der Waals surface area (Å²) in [7, 11) is 0. The van der Waals surface area contributed by atoms with Crippen molar-refractivity contribution in [1.82, 2.24) is 9.13 Å². The smallest absolute Gasteiger partial charge is 0.137 e. The van der Waals surface area contributed by atoms with E-state index in [0.29, 0.717) is 0 Å². The zero-order valence-corrected chi connectivity index (χ0v) is 27.9. The van der Waals surface area contributed by atoms with Crippen molar-refractivity contribution >= 4 is 88.3 Å². The molecule has 52 heavy (non-hydrogen) atoms. The van der Waals surface area contributed by atoms with Crippen molar-refractivity contribution in [2.24, 2.45) is 0 Å². The average molecular weight is 668 g/mol. The standard InChI is InChI=1S/C47H29N3O2/c1-4-11-39-32(8-1)33-9-2-5-12-40(33)49(39)30-17-21-36-34-19-15-28(24-43(34)51-45(36)26-30)29-16-20-35-37-22-18-31(27-46(37)52-44(35)25-29)50-41-13-6-3-10-38(41)47-42(50)14-7-23-48-47/h1-22,24-27,48H,23H2. The normalized spacial score (nSPS) is 13.0. The molecule has 0 unspecified atom stereocenters. The maximum absolute atomic E-state index is 6.58. The number of para-hydroxylation sites is 3. The number of benzene rings is 7. The number of hydrogen-bond acceptors (Lipinski definition) is 3. The highest BCUT2D eigenvalue weighted by Crippen LogP contribution is 2.40. The third-order valence-corrected chi connectivity index (χ3v) is 10.9. The lowest BCUT2D eigenvalue weighted by atomic mass is 10.0. The summed E-state index contributed by atoms with van der Waals surface area (Å²) >= 11 is 0. The van der Waals surface area contributed by atoms with Gasteiger partial charge < -0.3 is 23.3 Å². The van der Waals surface area contributed by atoms with E-state index in [1.54, 1.807) is 0 Å². The summed E-state index contributed by atoms with van der Waals surface area (Å²) in [4.78, 5) is 0. The van der Waals surface area contributed by atoms with Crippen LogP contribution in [0, 0.1) is 0 Å². The topological polar surface area (TPSA) is 48.2 Å². The lowest BCUT2D eigenvalue weighted by molar-refractivity contribution is 0.667. The second-order valence-corrected chi connectivity index (χ2v) is 13.8. The van der Waals surface area contributed by atoms with Crippen molar-refractivity contribution in [3.8, 4) is 22.5 Å². The minimum Gasteiger partial charge on any atom is -0.456 e. The highest BCUT2D eigenvalue weighted by molar-refractivity contribution is 6.11. The van der Waals surface area contributed by atoms with Gasteiger partial charge in [0.25, 0.3) is 0 Å². The van der Waals surface area contributed by atoms with Crippen LogP contribution in [0.3, 0.4) is 0 Å². The SMILES string of the molecule is C1=Cc2c(c3ccccc3n2-c2ccc3c(c2)oc2cc(-c4ccc5c(c4)oc4cc(-n6c7ccccc7c7ccccc76)ccc45)ccc23)NC1. The molecule has 0 fully saturated rings. The third-order valence-electron chi connectivity index (χ3n) is 10.9. The first-order valence-electron chi connectivity index (χ1n) is 17.7. The van der Waals surface area contributed by atoms with E-state index in [1.807, 2.05) is 0 Å².